The molecule has 1 aliphatic heterocycles. The standard InChI is InChI=1S/C8H11N3.C3H4N2/c1-2-6-11(5-1)8-3-4-9-7-10-8;1-2-5-3-4-1/h3-4,7H,1-2,5-6H2;1-3H,(H,4,5). The minimum absolute atomic E-state index is 1.07. The van der Waals surface area contributed by atoms with E-state index in [-0.39, 0.29) is 0 Å². The molecule has 0 bridgehead atoms. The molecule has 1 aliphatic rings. The van der Waals surface area contributed by atoms with Gasteiger partial charge in [-0.25, -0.2) is 15.0 Å². The Labute approximate surface area is 94.6 Å². The Bertz CT molecular complexity index is 349. The maximum absolute atomic E-state index is 4.18. The number of H-pyrrole nitrogens is 1. The highest BCUT2D eigenvalue weighted by molar-refractivity contribution is 5.37. The Hall–Kier alpha value is -1.91. The number of imidazole rings is 1. The topological polar surface area (TPSA) is 57.7 Å². The zero-order valence-corrected chi connectivity index (χ0v) is 9.08. The van der Waals surface area contributed by atoms with Crippen LogP contribution < -0.4 is 4.90 Å². The number of hydrogen-bond acceptors (Lipinski definition) is 4. The van der Waals surface area contributed by atoms with Gasteiger partial charge in [-0.2, -0.15) is 0 Å². The molecule has 3 heterocycles. The van der Waals surface area contributed by atoms with Crippen LogP contribution in [0.4, 0.5) is 5.82 Å². The van der Waals surface area contributed by atoms with E-state index in [1.54, 1.807) is 31.2 Å². The Kier molecular flexibility index (Phi) is 3.87. The summed E-state index contributed by atoms with van der Waals surface area (Å²) in [6, 6.07) is 1.96. The summed E-state index contributed by atoms with van der Waals surface area (Å²) >= 11 is 0. The lowest BCUT2D eigenvalue weighted by Gasteiger charge is -2.14. The fraction of sp³-hybridized carbons (Fsp3) is 0.364. The normalized spacial score (nSPS) is 14.4. The van der Waals surface area contributed by atoms with Crippen molar-refractivity contribution in [2.75, 3.05) is 18.0 Å². The fourth-order valence-electron chi connectivity index (χ4n) is 1.63. The van der Waals surface area contributed by atoms with E-state index in [0.717, 1.165) is 18.9 Å². The van der Waals surface area contributed by atoms with Crippen LogP contribution in [0.15, 0.2) is 37.3 Å². The molecule has 2 aromatic rings. The number of nitrogens with one attached hydrogen (secondary N) is 1. The summed E-state index contributed by atoms with van der Waals surface area (Å²) in [7, 11) is 0. The van der Waals surface area contributed by atoms with E-state index in [2.05, 4.69) is 24.8 Å². The molecule has 0 aliphatic carbocycles. The predicted octanol–water partition coefficient (Wildman–Crippen LogP) is 1.49. The predicted molar refractivity (Wildman–Crippen MR) is 62.1 cm³/mol. The van der Waals surface area contributed by atoms with Crippen LogP contribution in [0, 0.1) is 0 Å². The van der Waals surface area contributed by atoms with E-state index < -0.39 is 0 Å². The van der Waals surface area contributed by atoms with E-state index in [4.69, 9.17) is 0 Å². The van der Waals surface area contributed by atoms with E-state index in [0.29, 0.717) is 0 Å². The molecule has 84 valence electrons. The number of aromatic nitrogens is 4. The van der Waals surface area contributed by atoms with Crippen molar-refractivity contribution >= 4 is 5.82 Å². The lowest BCUT2D eigenvalue weighted by atomic mass is 10.4. The molecule has 0 saturated carbocycles. The van der Waals surface area contributed by atoms with E-state index in [1.807, 2.05) is 6.07 Å². The first-order valence-corrected chi connectivity index (χ1v) is 5.40. The molecule has 0 aromatic carbocycles. The first kappa shape index (κ1) is 10.6. The number of anilines is 1. The molecule has 0 spiro atoms. The molecule has 1 fully saturated rings. The van der Waals surface area contributed by atoms with Crippen LogP contribution in [0.3, 0.4) is 0 Å². The largest absolute Gasteiger partial charge is 0.357 e. The molecule has 0 atom stereocenters. The number of aromatic amines is 1. The molecule has 1 N–H and O–H groups in total. The van der Waals surface area contributed by atoms with E-state index in [1.165, 1.54) is 12.8 Å². The van der Waals surface area contributed by atoms with Crippen molar-refractivity contribution in [3.63, 3.8) is 0 Å². The van der Waals surface area contributed by atoms with Crippen LogP contribution in [0.25, 0.3) is 0 Å². The van der Waals surface area contributed by atoms with Gasteiger partial charge in [0.05, 0.1) is 6.33 Å². The van der Waals surface area contributed by atoms with Gasteiger partial charge in [0.2, 0.25) is 0 Å². The Morgan fingerprint density at radius 1 is 1.12 bits per heavy atom. The van der Waals surface area contributed by atoms with Crippen LogP contribution in [0.5, 0.6) is 0 Å². The van der Waals surface area contributed by atoms with Crippen molar-refractivity contribution in [3.05, 3.63) is 37.3 Å². The van der Waals surface area contributed by atoms with Crippen molar-refractivity contribution in [2.45, 2.75) is 12.8 Å². The van der Waals surface area contributed by atoms with Crippen molar-refractivity contribution in [2.24, 2.45) is 0 Å². The third-order valence-electron chi connectivity index (χ3n) is 2.40. The first-order chi connectivity index (χ1) is 7.97. The van der Waals surface area contributed by atoms with Gasteiger partial charge >= 0.3 is 0 Å². The Morgan fingerprint density at radius 3 is 2.50 bits per heavy atom. The van der Waals surface area contributed by atoms with Gasteiger partial charge in [-0.1, -0.05) is 0 Å². The van der Waals surface area contributed by atoms with Gasteiger partial charge in [-0.05, 0) is 18.9 Å². The van der Waals surface area contributed by atoms with E-state index in [9.17, 15) is 0 Å². The zero-order chi connectivity index (χ0) is 11.1. The Morgan fingerprint density at radius 2 is 2.00 bits per heavy atom. The van der Waals surface area contributed by atoms with Crippen LogP contribution in [-0.2, 0) is 0 Å². The van der Waals surface area contributed by atoms with Gasteiger partial charge in [-0.3, -0.25) is 0 Å². The number of nitrogens with zero attached hydrogens (tertiary/aromatic N) is 4. The van der Waals surface area contributed by atoms with Crippen molar-refractivity contribution < 1.29 is 0 Å². The Balaban J connectivity index is 0.000000162. The second-order valence-corrected chi connectivity index (χ2v) is 3.52. The summed E-state index contributed by atoms with van der Waals surface area (Å²) < 4.78 is 0. The molecular formula is C11H15N5. The lowest BCUT2D eigenvalue weighted by molar-refractivity contribution is 0.927. The van der Waals surface area contributed by atoms with Crippen molar-refractivity contribution in [3.8, 4) is 0 Å². The zero-order valence-electron chi connectivity index (χ0n) is 9.08. The summed E-state index contributed by atoms with van der Waals surface area (Å²) in [5.74, 6) is 1.07. The average molecular weight is 217 g/mol. The van der Waals surface area contributed by atoms with Crippen molar-refractivity contribution in [1.82, 2.24) is 19.9 Å². The summed E-state index contributed by atoms with van der Waals surface area (Å²) in [5.41, 5.74) is 0. The summed E-state index contributed by atoms with van der Waals surface area (Å²) in [4.78, 5) is 16.8. The lowest BCUT2D eigenvalue weighted by Crippen LogP contribution is -2.18. The minimum atomic E-state index is 1.07. The van der Waals surface area contributed by atoms with Crippen LogP contribution in [0.1, 0.15) is 12.8 Å². The van der Waals surface area contributed by atoms with Crippen LogP contribution >= 0.6 is 0 Å². The van der Waals surface area contributed by atoms with Gasteiger partial charge in [0, 0.05) is 31.7 Å². The highest BCUT2D eigenvalue weighted by atomic mass is 15.2. The quantitative estimate of drug-likeness (QED) is 0.786. The van der Waals surface area contributed by atoms with Crippen LogP contribution in [0.2, 0.25) is 0 Å². The van der Waals surface area contributed by atoms with Gasteiger partial charge in [0.25, 0.3) is 0 Å². The maximum atomic E-state index is 4.18. The molecule has 0 radical (unpaired) electrons. The maximum Gasteiger partial charge on any atom is 0.131 e. The first-order valence-electron chi connectivity index (χ1n) is 5.40. The van der Waals surface area contributed by atoms with Gasteiger partial charge in [-0.15, -0.1) is 0 Å². The molecular weight excluding hydrogens is 202 g/mol. The average Bonchev–Trinajstić information content (AvgIpc) is 3.07. The van der Waals surface area contributed by atoms with E-state index >= 15 is 0 Å². The van der Waals surface area contributed by atoms with Gasteiger partial charge < -0.3 is 9.88 Å². The van der Waals surface area contributed by atoms with Gasteiger partial charge in [0.15, 0.2) is 0 Å². The fourth-order valence-corrected chi connectivity index (χ4v) is 1.63. The molecule has 3 rings (SSSR count). The molecule has 5 nitrogen and oxygen atoms in total. The summed E-state index contributed by atoms with van der Waals surface area (Å²) in [5, 5.41) is 0. The monoisotopic (exact) mass is 217 g/mol. The second-order valence-electron chi connectivity index (χ2n) is 3.52. The SMILES string of the molecule is c1c[nH]cn1.c1cc(N2CCCC2)ncn1. The number of rotatable bonds is 1. The number of hydrogen-bond donors (Lipinski definition) is 1. The van der Waals surface area contributed by atoms with Gasteiger partial charge in [0.1, 0.15) is 12.1 Å². The van der Waals surface area contributed by atoms with Crippen molar-refractivity contribution in [1.29, 1.82) is 0 Å². The molecule has 0 unspecified atom stereocenters. The molecule has 2 aromatic heterocycles. The third-order valence-corrected chi connectivity index (χ3v) is 2.40. The molecule has 1 saturated heterocycles. The van der Waals surface area contributed by atoms with Crippen LogP contribution in [-0.4, -0.2) is 33.0 Å². The molecule has 16 heavy (non-hydrogen) atoms. The second kappa shape index (κ2) is 5.85. The third kappa shape index (κ3) is 3.05. The smallest absolute Gasteiger partial charge is 0.131 e. The minimum Gasteiger partial charge on any atom is -0.357 e. The summed E-state index contributed by atoms with van der Waals surface area (Å²) in [6.07, 6.45) is 11.1. The molecule has 0 amide bonds. The highest BCUT2D eigenvalue weighted by Gasteiger charge is 2.11. The molecule has 5 heteroatoms. The highest BCUT2D eigenvalue weighted by Crippen LogP contribution is 2.15. The summed E-state index contributed by atoms with van der Waals surface area (Å²) in [6.45, 7) is 2.30.